The Labute approximate surface area is 137 Å². The van der Waals surface area contributed by atoms with Gasteiger partial charge < -0.3 is 10.2 Å². The average Bonchev–Trinajstić information content (AvgIpc) is 2.90. The number of benzene rings is 1. The molecule has 1 aromatic heterocycles. The molecule has 22 heavy (non-hydrogen) atoms. The molecule has 0 bridgehead atoms. The van der Waals surface area contributed by atoms with Gasteiger partial charge in [0.2, 0.25) is 0 Å². The molecule has 0 fully saturated rings. The molecule has 4 heteroatoms. The van der Waals surface area contributed by atoms with Gasteiger partial charge in [0, 0.05) is 16.6 Å². The van der Waals surface area contributed by atoms with Crippen molar-refractivity contribution in [1.29, 1.82) is 0 Å². The Balaban J connectivity index is 2.15. The van der Waals surface area contributed by atoms with E-state index in [4.69, 9.17) is 0 Å². The highest BCUT2D eigenvalue weighted by Crippen LogP contribution is 2.21. The molecule has 0 atom stereocenters. The minimum absolute atomic E-state index is 0.0382. The summed E-state index contributed by atoms with van der Waals surface area (Å²) in [5, 5.41) is 5.14. The molecule has 2 amide bonds. The Hall–Kier alpha value is -1.81. The molecule has 0 radical (unpaired) electrons. The number of hydrogen-bond donors (Lipinski definition) is 1. The van der Waals surface area contributed by atoms with E-state index in [1.165, 1.54) is 10.4 Å². The summed E-state index contributed by atoms with van der Waals surface area (Å²) in [7, 11) is 0. The van der Waals surface area contributed by atoms with E-state index in [0.29, 0.717) is 6.54 Å². The van der Waals surface area contributed by atoms with Gasteiger partial charge in [0.15, 0.2) is 0 Å². The summed E-state index contributed by atoms with van der Waals surface area (Å²) in [4.78, 5) is 15.8. The van der Waals surface area contributed by atoms with E-state index in [1.807, 2.05) is 36.9 Å². The Kier molecular flexibility index (Phi) is 5.61. The number of amides is 2. The third kappa shape index (κ3) is 3.89. The van der Waals surface area contributed by atoms with Crippen molar-refractivity contribution >= 4 is 23.1 Å². The number of carbonyl (C=O) groups is 1. The molecule has 118 valence electrons. The maximum atomic E-state index is 12.7. The van der Waals surface area contributed by atoms with Crippen molar-refractivity contribution < 1.29 is 4.79 Å². The summed E-state index contributed by atoms with van der Waals surface area (Å²) in [6.07, 6.45) is 0.905. The molecule has 0 spiro atoms. The SMILES string of the molecule is CCc1ccccc1NC(=O)N(Cc1sccc1C)C(C)C. The Morgan fingerprint density at radius 2 is 2.00 bits per heavy atom. The van der Waals surface area contributed by atoms with Crippen LogP contribution in [0.5, 0.6) is 0 Å². The average molecular weight is 316 g/mol. The third-order valence-electron chi connectivity index (χ3n) is 3.81. The molecule has 0 aliphatic rings. The first-order valence-corrected chi connectivity index (χ1v) is 8.59. The van der Waals surface area contributed by atoms with E-state index in [9.17, 15) is 4.79 Å². The number of thiophene rings is 1. The maximum Gasteiger partial charge on any atom is 0.322 e. The van der Waals surface area contributed by atoms with Gasteiger partial charge in [-0.2, -0.15) is 0 Å². The highest BCUT2D eigenvalue weighted by atomic mass is 32.1. The Bertz CT molecular complexity index is 634. The number of aryl methyl sites for hydroxylation is 2. The monoisotopic (exact) mass is 316 g/mol. The standard InChI is InChI=1S/C18H24N2OS/c1-5-15-8-6-7-9-16(15)19-18(21)20(13(2)3)12-17-14(4)10-11-22-17/h6-11,13H,5,12H2,1-4H3,(H,19,21). The number of para-hydroxylation sites is 1. The first-order valence-electron chi connectivity index (χ1n) is 7.71. The molecule has 1 aromatic carbocycles. The van der Waals surface area contributed by atoms with Crippen LogP contribution in [0.1, 0.15) is 36.8 Å². The largest absolute Gasteiger partial charge is 0.322 e. The highest BCUT2D eigenvalue weighted by molar-refractivity contribution is 7.10. The quantitative estimate of drug-likeness (QED) is 0.821. The van der Waals surface area contributed by atoms with Crippen molar-refractivity contribution in [1.82, 2.24) is 4.90 Å². The smallest absolute Gasteiger partial charge is 0.317 e. The molecular weight excluding hydrogens is 292 g/mol. The molecule has 3 nitrogen and oxygen atoms in total. The lowest BCUT2D eigenvalue weighted by atomic mass is 10.1. The van der Waals surface area contributed by atoms with Gasteiger partial charge in [-0.25, -0.2) is 4.79 Å². The summed E-state index contributed by atoms with van der Waals surface area (Å²) in [6, 6.07) is 10.2. The van der Waals surface area contributed by atoms with Crippen LogP contribution in [0.3, 0.4) is 0 Å². The minimum atomic E-state index is -0.0382. The first kappa shape index (κ1) is 16.6. The fraction of sp³-hybridized carbons (Fsp3) is 0.389. The molecular formula is C18H24N2OS. The summed E-state index contributed by atoms with van der Waals surface area (Å²) >= 11 is 1.70. The van der Waals surface area contributed by atoms with Crippen LogP contribution < -0.4 is 5.32 Å². The number of nitrogens with one attached hydrogen (secondary N) is 1. The van der Waals surface area contributed by atoms with Crippen LogP contribution in [0.25, 0.3) is 0 Å². The van der Waals surface area contributed by atoms with Crippen LogP contribution in [0.15, 0.2) is 35.7 Å². The lowest BCUT2D eigenvalue weighted by Crippen LogP contribution is -2.39. The topological polar surface area (TPSA) is 32.3 Å². The molecule has 0 unspecified atom stereocenters. The van der Waals surface area contributed by atoms with Crippen molar-refractivity contribution in [2.24, 2.45) is 0 Å². The molecule has 0 saturated carbocycles. The van der Waals surface area contributed by atoms with Crippen molar-refractivity contribution in [3.63, 3.8) is 0 Å². The Morgan fingerprint density at radius 3 is 2.59 bits per heavy atom. The van der Waals surface area contributed by atoms with Crippen LogP contribution in [0.2, 0.25) is 0 Å². The van der Waals surface area contributed by atoms with Crippen LogP contribution >= 0.6 is 11.3 Å². The number of urea groups is 1. The molecule has 1 heterocycles. The number of rotatable bonds is 5. The van der Waals surface area contributed by atoms with E-state index < -0.39 is 0 Å². The number of hydrogen-bond acceptors (Lipinski definition) is 2. The van der Waals surface area contributed by atoms with Gasteiger partial charge in [-0.3, -0.25) is 0 Å². The van der Waals surface area contributed by atoms with Crippen LogP contribution in [-0.4, -0.2) is 17.0 Å². The second kappa shape index (κ2) is 7.45. The summed E-state index contributed by atoms with van der Waals surface area (Å²) in [6.45, 7) is 8.94. The van der Waals surface area contributed by atoms with Gasteiger partial charge in [0.05, 0.1) is 6.54 Å². The van der Waals surface area contributed by atoms with Gasteiger partial charge in [0.1, 0.15) is 0 Å². The number of nitrogens with zero attached hydrogens (tertiary/aromatic N) is 1. The molecule has 2 rings (SSSR count). The predicted molar refractivity (Wildman–Crippen MR) is 94.6 cm³/mol. The molecule has 0 aliphatic carbocycles. The van der Waals surface area contributed by atoms with Crippen LogP contribution in [0, 0.1) is 6.92 Å². The maximum absolute atomic E-state index is 12.7. The van der Waals surface area contributed by atoms with E-state index in [2.05, 4.69) is 36.7 Å². The molecule has 0 aliphatic heterocycles. The van der Waals surface area contributed by atoms with Crippen LogP contribution in [0.4, 0.5) is 10.5 Å². The van der Waals surface area contributed by atoms with Crippen molar-refractivity contribution in [3.05, 3.63) is 51.7 Å². The number of carbonyl (C=O) groups excluding carboxylic acids is 1. The molecule has 1 N–H and O–H groups in total. The van der Waals surface area contributed by atoms with E-state index in [-0.39, 0.29) is 12.1 Å². The second-order valence-electron chi connectivity index (χ2n) is 5.69. The molecule has 2 aromatic rings. The highest BCUT2D eigenvalue weighted by Gasteiger charge is 2.19. The van der Waals surface area contributed by atoms with Gasteiger partial charge in [-0.1, -0.05) is 25.1 Å². The van der Waals surface area contributed by atoms with Gasteiger partial charge in [-0.05, 0) is 55.8 Å². The summed E-state index contributed by atoms with van der Waals surface area (Å²) in [5.41, 5.74) is 3.31. The number of anilines is 1. The van der Waals surface area contributed by atoms with E-state index >= 15 is 0 Å². The molecule has 0 saturated heterocycles. The van der Waals surface area contributed by atoms with E-state index in [1.54, 1.807) is 11.3 Å². The van der Waals surface area contributed by atoms with E-state index in [0.717, 1.165) is 17.7 Å². The lowest BCUT2D eigenvalue weighted by Gasteiger charge is -2.27. The predicted octanol–water partition coefficient (Wildman–Crippen LogP) is 5.06. The van der Waals surface area contributed by atoms with Gasteiger partial charge in [-0.15, -0.1) is 11.3 Å². The summed E-state index contributed by atoms with van der Waals surface area (Å²) in [5.74, 6) is 0. The minimum Gasteiger partial charge on any atom is -0.317 e. The Morgan fingerprint density at radius 1 is 1.27 bits per heavy atom. The van der Waals surface area contributed by atoms with Crippen molar-refractivity contribution in [3.8, 4) is 0 Å². The van der Waals surface area contributed by atoms with Gasteiger partial charge >= 0.3 is 6.03 Å². The second-order valence-corrected chi connectivity index (χ2v) is 6.69. The zero-order valence-corrected chi connectivity index (χ0v) is 14.5. The fourth-order valence-corrected chi connectivity index (χ4v) is 3.25. The first-order chi connectivity index (χ1) is 10.5. The zero-order valence-electron chi connectivity index (χ0n) is 13.7. The van der Waals surface area contributed by atoms with Crippen LogP contribution in [-0.2, 0) is 13.0 Å². The van der Waals surface area contributed by atoms with Crippen molar-refractivity contribution in [2.45, 2.75) is 46.7 Å². The zero-order chi connectivity index (χ0) is 16.1. The normalized spacial score (nSPS) is 10.8. The van der Waals surface area contributed by atoms with Gasteiger partial charge in [0.25, 0.3) is 0 Å². The van der Waals surface area contributed by atoms with Crippen molar-refractivity contribution in [2.75, 3.05) is 5.32 Å². The third-order valence-corrected chi connectivity index (χ3v) is 4.81. The fourth-order valence-electron chi connectivity index (χ4n) is 2.35. The summed E-state index contributed by atoms with van der Waals surface area (Å²) < 4.78 is 0. The lowest BCUT2D eigenvalue weighted by molar-refractivity contribution is 0.194.